The average Bonchev–Trinajstić information content (AvgIpc) is 3.27. The Hall–Kier alpha value is -3.00. The molecule has 2 atom stereocenters. The van der Waals surface area contributed by atoms with Crippen LogP contribution in [0.5, 0.6) is 0 Å². The second-order valence-electron chi connectivity index (χ2n) is 6.93. The number of Topliss-reactive ketones (excluding diaryl/α,β-unsaturated/α-hetero) is 1. The fraction of sp³-hybridized carbons (Fsp3) is 0.318. The molecule has 158 valence electrons. The summed E-state index contributed by atoms with van der Waals surface area (Å²) in [6.45, 7) is 0.296. The number of ether oxygens (including phenoxy) is 1. The zero-order valence-corrected chi connectivity index (χ0v) is 17.3. The van der Waals surface area contributed by atoms with Crippen molar-refractivity contribution in [2.45, 2.75) is 30.4 Å². The van der Waals surface area contributed by atoms with Gasteiger partial charge in [-0.15, -0.1) is 0 Å². The van der Waals surface area contributed by atoms with Gasteiger partial charge in [-0.25, -0.2) is 4.79 Å². The van der Waals surface area contributed by atoms with Gasteiger partial charge in [0.15, 0.2) is 5.78 Å². The molecule has 0 bridgehead atoms. The molecule has 7 nitrogen and oxygen atoms in total. The van der Waals surface area contributed by atoms with Crippen molar-refractivity contribution in [1.29, 1.82) is 0 Å². The zero-order valence-electron chi connectivity index (χ0n) is 16.5. The van der Waals surface area contributed by atoms with Crippen LogP contribution in [0.2, 0.25) is 0 Å². The Morgan fingerprint density at radius 1 is 1.03 bits per heavy atom. The minimum Gasteiger partial charge on any atom is -0.445 e. The molecular formula is C22H24N2O5S. The summed E-state index contributed by atoms with van der Waals surface area (Å²) in [5.74, 6) is -0.715. The minimum absolute atomic E-state index is 0.108. The molecule has 3 rings (SSSR count). The number of hydrogen-bond acceptors (Lipinski definition) is 5. The number of carbonyl (C=O) groups is 3. The van der Waals surface area contributed by atoms with E-state index in [2.05, 4.69) is 5.32 Å². The van der Waals surface area contributed by atoms with Crippen molar-refractivity contribution in [3.63, 3.8) is 0 Å². The van der Waals surface area contributed by atoms with E-state index in [1.165, 1.54) is 4.90 Å². The second-order valence-corrected chi connectivity index (χ2v) is 8.38. The molecule has 0 spiro atoms. The molecule has 8 heteroatoms. The minimum atomic E-state index is -1.45. The molecule has 2 aromatic carbocycles. The second kappa shape index (κ2) is 10.7. The summed E-state index contributed by atoms with van der Waals surface area (Å²) in [7, 11) is -1.45. The summed E-state index contributed by atoms with van der Waals surface area (Å²) >= 11 is 0. The molecule has 1 aliphatic heterocycles. The molecule has 1 fully saturated rings. The van der Waals surface area contributed by atoms with Gasteiger partial charge in [0.1, 0.15) is 13.2 Å². The third kappa shape index (κ3) is 6.00. The normalized spacial score (nSPS) is 16.7. The summed E-state index contributed by atoms with van der Waals surface area (Å²) < 4.78 is 17.5. The number of carbonyl (C=O) groups excluding carboxylic acids is 3. The molecule has 2 amide bonds. The van der Waals surface area contributed by atoms with Crippen molar-refractivity contribution in [3.8, 4) is 0 Å². The number of hydrogen-bond donors (Lipinski definition) is 1. The van der Waals surface area contributed by atoms with Crippen LogP contribution in [-0.4, -0.2) is 51.8 Å². The van der Waals surface area contributed by atoms with Crippen LogP contribution in [0.25, 0.3) is 0 Å². The van der Waals surface area contributed by atoms with E-state index in [1.807, 2.05) is 36.4 Å². The van der Waals surface area contributed by atoms with Gasteiger partial charge in [0.2, 0.25) is 5.91 Å². The Morgan fingerprint density at radius 2 is 1.70 bits per heavy atom. The van der Waals surface area contributed by atoms with E-state index in [4.69, 9.17) is 4.74 Å². The maximum absolute atomic E-state index is 12.6. The highest BCUT2D eigenvalue weighted by atomic mass is 32.2. The van der Waals surface area contributed by atoms with Gasteiger partial charge in [-0.1, -0.05) is 48.5 Å². The average molecular weight is 429 g/mol. The van der Waals surface area contributed by atoms with Crippen molar-refractivity contribution < 1.29 is 23.3 Å². The molecule has 0 aromatic heterocycles. The predicted molar refractivity (Wildman–Crippen MR) is 112 cm³/mol. The van der Waals surface area contributed by atoms with E-state index < -0.39 is 22.9 Å². The summed E-state index contributed by atoms with van der Waals surface area (Å²) in [6.07, 6.45) is 0.535. The van der Waals surface area contributed by atoms with E-state index in [-0.39, 0.29) is 30.6 Å². The van der Waals surface area contributed by atoms with Crippen molar-refractivity contribution >= 4 is 28.6 Å². The maximum atomic E-state index is 12.6. The number of likely N-dealkylation sites (tertiary alicyclic amines) is 1. The smallest absolute Gasteiger partial charge is 0.407 e. The van der Waals surface area contributed by atoms with Crippen molar-refractivity contribution in [2.75, 3.05) is 18.8 Å². The molecule has 1 aliphatic rings. The number of nitrogens with zero attached hydrogens (tertiary/aromatic N) is 1. The van der Waals surface area contributed by atoms with Crippen molar-refractivity contribution in [1.82, 2.24) is 10.2 Å². The molecular weight excluding hydrogens is 404 g/mol. The monoisotopic (exact) mass is 428 g/mol. The van der Waals surface area contributed by atoms with E-state index >= 15 is 0 Å². The van der Waals surface area contributed by atoms with E-state index in [1.54, 1.807) is 24.3 Å². The third-order valence-electron chi connectivity index (χ3n) is 4.82. The molecule has 0 saturated carbocycles. The number of nitrogens with one attached hydrogen (secondary N) is 1. The lowest BCUT2D eigenvalue weighted by Gasteiger charge is -2.23. The lowest BCUT2D eigenvalue weighted by Crippen LogP contribution is -2.46. The summed E-state index contributed by atoms with van der Waals surface area (Å²) in [6, 6.07) is 17.4. The van der Waals surface area contributed by atoms with Crippen LogP contribution in [0.4, 0.5) is 4.79 Å². The van der Waals surface area contributed by atoms with Crippen LogP contribution in [0.3, 0.4) is 0 Å². The maximum Gasteiger partial charge on any atom is 0.407 e. The highest BCUT2D eigenvalue weighted by molar-refractivity contribution is 7.85. The fourth-order valence-electron chi connectivity index (χ4n) is 3.30. The Balaban J connectivity index is 1.47. The number of benzene rings is 2. The predicted octanol–water partition coefficient (Wildman–Crippen LogP) is 2.28. The Labute approximate surface area is 177 Å². The summed E-state index contributed by atoms with van der Waals surface area (Å²) in [5, 5.41) is 2.43. The first-order valence-corrected chi connectivity index (χ1v) is 11.1. The van der Waals surface area contributed by atoms with Crippen molar-refractivity contribution in [2.24, 2.45) is 0 Å². The SMILES string of the molecule is O=C(NCC(=O)N1CCC[C@H]1C(=O)CS(=O)c1ccccc1)OCc1ccccc1. The highest BCUT2D eigenvalue weighted by Gasteiger charge is 2.34. The first-order valence-electron chi connectivity index (χ1n) is 9.75. The molecule has 30 heavy (non-hydrogen) atoms. The van der Waals surface area contributed by atoms with Gasteiger partial charge < -0.3 is 15.0 Å². The molecule has 2 aromatic rings. The standard InChI is InChI=1S/C22H24N2O5S/c25-20(16-30(28)18-10-5-2-6-11-18)19-12-7-13-24(19)21(26)14-23-22(27)29-15-17-8-3-1-4-9-17/h1-6,8-11,19H,7,12-16H2,(H,23,27)/t19-,30?/m0/s1. The highest BCUT2D eigenvalue weighted by Crippen LogP contribution is 2.19. The van der Waals surface area contributed by atoms with Gasteiger partial charge in [0.25, 0.3) is 0 Å². The van der Waals surface area contributed by atoms with Gasteiger partial charge in [-0.05, 0) is 30.5 Å². The summed E-state index contributed by atoms with van der Waals surface area (Å²) in [4.78, 5) is 39.1. The van der Waals surface area contributed by atoms with Crippen LogP contribution < -0.4 is 5.32 Å². The van der Waals surface area contributed by atoms with Crippen LogP contribution in [0.15, 0.2) is 65.6 Å². The fourth-order valence-corrected chi connectivity index (χ4v) is 4.38. The Morgan fingerprint density at radius 3 is 2.40 bits per heavy atom. The topological polar surface area (TPSA) is 92.8 Å². The largest absolute Gasteiger partial charge is 0.445 e. The van der Waals surface area contributed by atoms with Gasteiger partial charge in [-0.2, -0.15) is 0 Å². The van der Waals surface area contributed by atoms with E-state index in [0.717, 1.165) is 5.56 Å². The Kier molecular flexibility index (Phi) is 7.73. The molecule has 1 saturated heterocycles. The number of amides is 2. The number of alkyl carbamates (subject to hydrolysis) is 1. The van der Waals surface area contributed by atoms with Crippen LogP contribution in [0, 0.1) is 0 Å². The van der Waals surface area contributed by atoms with Gasteiger partial charge in [-0.3, -0.25) is 13.8 Å². The number of rotatable bonds is 8. The van der Waals surface area contributed by atoms with Gasteiger partial charge in [0.05, 0.1) is 22.6 Å². The summed E-state index contributed by atoms with van der Waals surface area (Å²) in [5.41, 5.74) is 0.843. The van der Waals surface area contributed by atoms with E-state index in [9.17, 15) is 18.6 Å². The molecule has 1 unspecified atom stereocenters. The van der Waals surface area contributed by atoms with E-state index in [0.29, 0.717) is 24.3 Å². The first-order chi connectivity index (χ1) is 14.5. The zero-order chi connectivity index (χ0) is 21.3. The third-order valence-corrected chi connectivity index (χ3v) is 6.17. The van der Waals surface area contributed by atoms with Crippen LogP contribution >= 0.6 is 0 Å². The van der Waals surface area contributed by atoms with Crippen LogP contribution in [0.1, 0.15) is 18.4 Å². The lowest BCUT2D eigenvalue weighted by molar-refractivity contribution is -0.135. The first kappa shape index (κ1) is 21.7. The lowest BCUT2D eigenvalue weighted by atomic mass is 10.1. The van der Waals surface area contributed by atoms with Gasteiger partial charge >= 0.3 is 6.09 Å². The van der Waals surface area contributed by atoms with Gasteiger partial charge in [0, 0.05) is 11.4 Å². The quantitative estimate of drug-likeness (QED) is 0.696. The molecule has 1 heterocycles. The number of ketones is 1. The van der Waals surface area contributed by atoms with Crippen LogP contribution in [-0.2, 0) is 31.7 Å². The molecule has 0 aliphatic carbocycles. The van der Waals surface area contributed by atoms with Crippen molar-refractivity contribution in [3.05, 3.63) is 66.2 Å². The molecule has 0 radical (unpaired) electrons. The molecule has 1 N–H and O–H groups in total. The Bertz CT molecular complexity index is 904.